The third-order valence-corrected chi connectivity index (χ3v) is 6.34. The highest BCUT2D eigenvalue weighted by Crippen LogP contribution is 2.62. The van der Waals surface area contributed by atoms with Crippen molar-refractivity contribution >= 4 is 0 Å². The SMILES string of the molecule is CCCNC(C1CCCC1)C1C2CCc3ccccc3C21. The van der Waals surface area contributed by atoms with E-state index in [1.807, 2.05) is 0 Å². The second-order valence-electron chi connectivity index (χ2n) is 7.53. The fraction of sp³-hybridized carbons (Fsp3) is 0.700. The first kappa shape index (κ1) is 13.8. The Morgan fingerprint density at radius 2 is 1.95 bits per heavy atom. The molecule has 1 nitrogen and oxygen atoms in total. The van der Waals surface area contributed by atoms with E-state index in [-0.39, 0.29) is 0 Å². The topological polar surface area (TPSA) is 12.0 Å². The van der Waals surface area contributed by atoms with Gasteiger partial charge in [0.2, 0.25) is 0 Å². The highest BCUT2D eigenvalue weighted by atomic mass is 14.9. The van der Waals surface area contributed by atoms with Gasteiger partial charge in [0.15, 0.2) is 0 Å². The summed E-state index contributed by atoms with van der Waals surface area (Å²) in [5.74, 6) is 3.75. The third-order valence-electron chi connectivity index (χ3n) is 6.34. The lowest BCUT2D eigenvalue weighted by molar-refractivity contribution is 0.311. The number of aryl methyl sites for hydroxylation is 1. The Morgan fingerprint density at radius 1 is 1.14 bits per heavy atom. The molecule has 0 radical (unpaired) electrons. The Morgan fingerprint density at radius 3 is 2.76 bits per heavy atom. The summed E-state index contributed by atoms with van der Waals surface area (Å²) >= 11 is 0. The van der Waals surface area contributed by atoms with Crippen LogP contribution in [-0.2, 0) is 6.42 Å². The number of fused-ring (bicyclic) bond motifs is 3. The summed E-state index contributed by atoms with van der Waals surface area (Å²) in [5.41, 5.74) is 3.34. The van der Waals surface area contributed by atoms with Crippen LogP contribution in [0.25, 0.3) is 0 Å². The maximum atomic E-state index is 3.96. The molecule has 4 unspecified atom stereocenters. The maximum absolute atomic E-state index is 3.96. The number of rotatable bonds is 5. The highest BCUT2D eigenvalue weighted by molar-refractivity contribution is 5.40. The van der Waals surface area contributed by atoms with E-state index in [9.17, 15) is 0 Å². The van der Waals surface area contributed by atoms with Gasteiger partial charge in [-0.25, -0.2) is 0 Å². The number of hydrogen-bond acceptors (Lipinski definition) is 1. The monoisotopic (exact) mass is 283 g/mol. The Hall–Kier alpha value is -0.820. The molecule has 1 aromatic rings. The van der Waals surface area contributed by atoms with E-state index in [0.29, 0.717) is 0 Å². The fourth-order valence-corrected chi connectivity index (χ4v) is 5.35. The molecule has 4 atom stereocenters. The minimum Gasteiger partial charge on any atom is -0.313 e. The molecule has 1 aromatic carbocycles. The molecular weight excluding hydrogens is 254 g/mol. The van der Waals surface area contributed by atoms with Crippen molar-refractivity contribution in [1.29, 1.82) is 0 Å². The van der Waals surface area contributed by atoms with Crippen LogP contribution in [0.3, 0.4) is 0 Å². The molecule has 0 heterocycles. The zero-order chi connectivity index (χ0) is 14.2. The first-order valence-corrected chi connectivity index (χ1v) is 9.21. The van der Waals surface area contributed by atoms with E-state index in [1.54, 1.807) is 11.1 Å². The van der Waals surface area contributed by atoms with Gasteiger partial charge in [-0.05, 0) is 73.4 Å². The molecule has 0 bridgehead atoms. The fourth-order valence-electron chi connectivity index (χ4n) is 5.35. The Bertz CT molecular complexity index is 488. The van der Waals surface area contributed by atoms with Crippen molar-refractivity contribution in [3.63, 3.8) is 0 Å². The van der Waals surface area contributed by atoms with Crippen molar-refractivity contribution in [1.82, 2.24) is 5.32 Å². The minimum atomic E-state index is 0.800. The average Bonchev–Trinajstić information content (AvgIpc) is 3.00. The van der Waals surface area contributed by atoms with E-state index < -0.39 is 0 Å². The highest BCUT2D eigenvalue weighted by Gasteiger charge is 2.57. The van der Waals surface area contributed by atoms with Crippen molar-refractivity contribution in [2.24, 2.45) is 17.8 Å². The summed E-state index contributed by atoms with van der Waals surface area (Å²) in [5, 5.41) is 3.96. The zero-order valence-corrected chi connectivity index (χ0v) is 13.4. The van der Waals surface area contributed by atoms with Crippen LogP contribution in [0.4, 0.5) is 0 Å². The molecule has 0 aromatic heterocycles. The molecular formula is C20H29N. The van der Waals surface area contributed by atoms with Gasteiger partial charge in [0.25, 0.3) is 0 Å². The molecule has 1 N–H and O–H groups in total. The first-order chi connectivity index (χ1) is 10.4. The van der Waals surface area contributed by atoms with Crippen LogP contribution in [0.15, 0.2) is 24.3 Å². The van der Waals surface area contributed by atoms with Crippen molar-refractivity contribution in [2.75, 3.05) is 6.54 Å². The lowest BCUT2D eigenvalue weighted by Crippen LogP contribution is -2.38. The summed E-state index contributed by atoms with van der Waals surface area (Å²) in [4.78, 5) is 0. The summed E-state index contributed by atoms with van der Waals surface area (Å²) in [6.07, 6.45) is 9.89. The summed E-state index contributed by atoms with van der Waals surface area (Å²) in [7, 11) is 0. The van der Waals surface area contributed by atoms with Crippen molar-refractivity contribution in [3.8, 4) is 0 Å². The van der Waals surface area contributed by atoms with Crippen LogP contribution in [0.1, 0.15) is 62.5 Å². The Labute approximate surface area is 129 Å². The summed E-state index contributed by atoms with van der Waals surface area (Å²) in [6, 6.07) is 10.1. The lowest BCUT2D eigenvalue weighted by atomic mass is 9.91. The van der Waals surface area contributed by atoms with Gasteiger partial charge in [0, 0.05) is 6.04 Å². The van der Waals surface area contributed by atoms with Gasteiger partial charge in [0.1, 0.15) is 0 Å². The van der Waals surface area contributed by atoms with Crippen LogP contribution in [-0.4, -0.2) is 12.6 Å². The average molecular weight is 283 g/mol. The van der Waals surface area contributed by atoms with Gasteiger partial charge in [-0.2, -0.15) is 0 Å². The minimum absolute atomic E-state index is 0.800. The number of hydrogen-bond donors (Lipinski definition) is 1. The molecule has 0 aliphatic heterocycles. The predicted molar refractivity (Wildman–Crippen MR) is 88.5 cm³/mol. The van der Waals surface area contributed by atoms with Gasteiger partial charge < -0.3 is 5.32 Å². The van der Waals surface area contributed by atoms with Gasteiger partial charge in [-0.1, -0.05) is 44.0 Å². The number of nitrogens with one attached hydrogen (secondary N) is 1. The molecule has 21 heavy (non-hydrogen) atoms. The van der Waals surface area contributed by atoms with E-state index in [1.165, 1.54) is 51.5 Å². The van der Waals surface area contributed by atoms with Gasteiger partial charge >= 0.3 is 0 Å². The van der Waals surface area contributed by atoms with Crippen LogP contribution in [0.2, 0.25) is 0 Å². The molecule has 0 saturated heterocycles. The molecule has 0 amide bonds. The van der Waals surface area contributed by atoms with Gasteiger partial charge in [-0.3, -0.25) is 0 Å². The van der Waals surface area contributed by atoms with E-state index in [4.69, 9.17) is 0 Å². The van der Waals surface area contributed by atoms with E-state index in [2.05, 4.69) is 36.5 Å². The second-order valence-corrected chi connectivity index (χ2v) is 7.53. The largest absolute Gasteiger partial charge is 0.313 e. The molecule has 0 spiro atoms. The molecule has 3 aliphatic carbocycles. The molecule has 2 fully saturated rings. The van der Waals surface area contributed by atoms with Crippen molar-refractivity contribution in [3.05, 3.63) is 35.4 Å². The lowest BCUT2D eigenvalue weighted by Gasteiger charge is -2.25. The van der Waals surface area contributed by atoms with E-state index in [0.717, 1.165) is 29.7 Å². The normalized spacial score (nSPS) is 32.5. The maximum Gasteiger partial charge on any atom is 0.0132 e. The first-order valence-electron chi connectivity index (χ1n) is 9.21. The Balaban J connectivity index is 1.55. The predicted octanol–water partition coefficient (Wildman–Crippen LogP) is 4.52. The molecule has 1 heteroatoms. The zero-order valence-electron chi connectivity index (χ0n) is 13.4. The van der Waals surface area contributed by atoms with Gasteiger partial charge in [0.05, 0.1) is 0 Å². The van der Waals surface area contributed by atoms with Gasteiger partial charge in [-0.15, -0.1) is 0 Å². The van der Waals surface area contributed by atoms with Crippen LogP contribution in [0.5, 0.6) is 0 Å². The Kier molecular flexibility index (Phi) is 3.79. The smallest absolute Gasteiger partial charge is 0.0132 e. The summed E-state index contributed by atoms with van der Waals surface area (Å²) < 4.78 is 0. The molecule has 4 rings (SSSR count). The molecule has 3 aliphatic rings. The second kappa shape index (κ2) is 5.76. The van der Waals surface area contributed by atoms with Crippen LogP contribution < -0.4 is 5.32 Å². The number of benzene rings is 1. The van der Waals surface area contributed by atoms with E-state index >= 15 is 0 Å². The third kappa shape index (κ3) is 2.44. The summed E-state index contributed by atoms with van der Waals surface area (Å²) in [6.45, 7) is 3.51. The van der Waals surface area contributed by atoms with Crippen molar-refractivity contribution in [2.45, 2.75) is 63.8 Å². The molecule has 2 saturated carbocycles. The molecule has 114 valence electrons. The van der Waals surface area contributed by atoms with Crippen molar-refractivity contribution < 1.29 is 0 Å². The quantitative estimate of drug-likeness (QED) is 0.837. The van der Waals surface area contributed by atoms with Crippen LogP contribution >= 0.6 is 0 Å². The standard InChI is InChI=1S/C20H29N/c1-2-13-21-20(15-8-3-4-9-15)19-17-12-11-14-7-5-6-10-16(14)18(17)19/h5-7,10,15,17-21H,2-4,8-9,11-13H2,1H3. The van der Waals surface area contributed by atoms with Crippen LogP contribution in [0, 0.1) is 17.8 Å².